The van der Waals surface area contributed by atoms with Crippen LogP contribution in [0.2, 0.25) is 0 Å². The van der Waals surface area contributed by atoms with Crippen molar-refractivity contribution >= 4 is 41.8 Å². The molecule has 1 aliphatic carbocycles. The molecular weight excluding hydrogens is 728 g/mol. The van der Waals surface area contributed by atoms with Crippen molar-refractivity contribution in [3.8, 4) is 0 Å². The molecule has 2 heterocycles. The highest BCUT2D eigenvalue weighted by atomic mass is 16.7. The van der Waals surface area contributed by atoms with E-state index in [1.54, 1.807) is 77.1 Å². The molecule has 3 N–H and O–H groups in total. The first-order valence-electron chi connectivity index (χ1n) is 18.3. The topological polar surface area (TPSA) is 202 Å². The molecule has 0 radical (unpaired) electrons. The molecule has 56 heavy (non-hydrogen) atoms. The Bertz CT molecular complexity index is 1860. The summed E-state index contributed by atoms with van der Waals surface area (Å²) < 4.78 is 32.7. The van der Waals surface area contributed by atoms with E-state index in [0.29, 0.717) is 22.3 Å². The van der Waals surface area contributed by atoms with Gasteiger partial charge in [0.2, 0.25) is 12.0 Å². The Hall–Kier alpha value is -5.38. The lowest BCUT2D eigenvalue weighted by molar-refractivity contribution is -0.159. The molecule has 15 heteroatoms. The lowest BCUT2D eigenvalue weighted by Crippen LogP contribution is -2.43. The van der Waals surface area contributed by atoms with Crippen LogP contribution in [0.5, 0.6) is 0 Å². The average molecular weight is 777 g/mol. The summed E-state index contributed by atoms with van der Waals surface area (Å²) in [5, 5.41) is 15.4. The van der Waals surface area contributed by atoms with Gasteiger partial charge in [-0.25, -0.2) is 14.4 Å². The molecule has 0 bridgehead atoms. The Morgan fingerprint density at radius 3 is 2.43 bits per heavy atom. The van der Waals surface area contributed by atoms with E-state index in [9.17, 15) is 33.9 Å². The van der Waals surface area contributed by atoms with Gasteiger partial charge in [-0.15, -0.1) is 0 Å². The molecule has 2 fully saturated rings. The second-order valence-corrected chi connectivity index (χ2v) is 15.4. The van der Waals surface area contributed by atoms with Gasteiger partial charge in [0.15, 0.2) is 0 Å². The summed E-state index contributed by atoms with van der Waals surface area (Å²) in [6.07, 6.45) is 1.54. The predicted molar refractivity (Wildman–Crippen MR) is 198 cm³/mol. The molecule has 2 aliphatic heterocycles. The van der Waals surface area contributed by atoms with E-state index >= 15 is 0 Å². The molecule has 2 amide bonds. The predicted octanol–water partition coefficient (Wildman–Crippen LogP) is 3.32. The van der Waals surface area contributed by atoms with Crippen molar-refractivity contribution in [1.82, 2.24) is 10.6 Å². The lowest BCUT2D eigenvalue weighted by atomic mass is 9.90. The second-order valence-electron chi connectivity index (χ2n) is 15.4. The van der Waals surface area contributed by atoms with Gasteiger partial charge in [-0.05, 0) is 74.7 Å². The minimum atomic E-state index is -0.998. The summed E-state index contributed by atoms with van der Waals surface area (Å²) in [6, 6.07) is 12.3. The summed E-state index contributed by atoms with van der Waals surface area (Å²) in [4.78, 5) is 75.9. The van der Waals surface area contributed by atoms with Crippen LogP contribution >= 0.6 is 0 Å². The third-order valence-corrected chi connectivity index (χ3v) is 9.17. The largest absolute Gasteiger partial charge is 0.462 e. The molecule has 15 nitrogen and oxygen atoms in total. The van der Waals surface area contributed by atoms with E-state index < -0.39 is 77.2 Å². The van der Waals surface area contributed by atoms with Gasteiger partial charge in [-0.1, -0.05) is 38.1 Å². The lowest BCUT2D eigenvalue weighted by Gasteiger charge is -2.30. The van der Waals surface area contributed by atoms with Gasteiger partial charge in [-0.3, -0.25) is 14.4 Å². The number of ether oxygens (including phenoxy) is 6. The molecular formula is C41H48N2O13. The fraction of sp³-hybridized carbons (Fsp3) is 0.463. The summed E-state index contributed by atoms with van der Waals surface area (Å²) in [5.74, 6) is -3.23. The molecule has 5 rings (SSSR count). The van der Waals surface area contributed by atoms with E-state index in [2.05, 4.69) is 10.6 Å². The number of carbonyl (C=O) groups is 6. The highest BCUT2D eigenvalue weighted by Gasteiger charge is 2.46. The zero-order valence-electron chi connectivity index (χ0n) is 32.0. The number of hydrogen-bond donors (Lipinski definition) is 3. The summed E-state index contributed by atoms with van der Waals surface area (Å²) >= 11 is 0. The van der Waals surface area contributed by atoms with Crippen molar-refractivity contribution in [2.45, 2.75) is 96.5 Å². The Labute approximate surface area is 324 Å². The first-order chi connectivity index (χ1) is 26.5. The number of fused-ring (bicyclic) bond motifs is 1. The van der Waals surface area contributed by atoms with Crippen molar-refractivity contribution in [2.75, 3.05) is 20.0 Å². The quantitative estimate of drug-likeness (QED) is 0.143. The van der Waals surface area contributed by atoms with Crippen molar-refractivity contribution in [1.29, 1.82) is 0 Å². The van der Waals surface area contributed by atoms with Crippen LogP contribution < -0.4 is 10.6 Å². The molecule has 2 aromatic rings. The van der Waals surface area contributed by atoms with Crippen molar-refractivity contribution < 1.29 is 62.3 Å². The third kappa shape index (κ3) is 11.3. The van der Waals surface area contributed by atoms with Crippen LogP contribution in [0.1, 0.15) is 85.7 Å². The normalized spacial score (nSPS) is 22.0. The zero-order valence-corrected chi connectivity index (χ0v) is 32.0. The molecule has 0 saturated carbocycles. The second kappa shape index (κ2) is 18.0. The van der Waals surface area contributed by atoms with E-state index in [1.165, 1.54) is 24.3 Å². The van der Waals surface area contributed by atoms with Crippen LogP contribution in [-0.4, -0.2) is 96.9 Å². The number of amides is 2. The van der Waals surface area contributed by atoms with Crippen LogP contribution in [0.3, 0.4) is 0 Å². The fourth-order valence-electron chi connectivity index (χ4n) is 6.20. The minimum absolute atomic E-state index is 0.0254. The van der Waals surface area contributed by atoms with Gasteiger partial charge in [0, 0.05) is 42.0 Å². The Balaban J connectivity index is 1.12. The van der Waals surface area contributed by atoms with Crippen LogP contribution in [0.15, 0.2) is 66.3 Å². The summed E-state index contributed by atoms with van der Waals surface area (Å²) in [5.41, 5.74) is 0.823. The first-order valence-corrected chi connectivity index (χ1v) is 18.3. The number of esters is 4. The maximum absolute atomic E-state index is 13.3. The van der Waals surface area contributed by atoms with Gasteiger partial charge >= 0.3 is 23.9 Å². The molecule has 5 atom stereocenters. The maximum atomic E-state index is 13.3. The van der Waals surface area contributed by atoms with Gasteiger partial charge < -0.3 is 44.2 Å². The van der Waals surface area contributed by atoms with E-state index in [-0.39, 0.29) is 51.4 Å². The monoisotopic (exact) mass is 776 g/mol. The van der Waals surface area contributed by atoms with Crippen molar-refractivity contribution in [3.63, 3.8) is 0 Å². The van der Waals surface area contributed by atoms with Crippen LogP contribution in [-0.2, 0) is 54.1 Å². The zero-order chi connectivity index (χ0) is 40.6. The van der Waals surface area contributed by atoms with Crippen LogP contribution in [0, 0.1) is 5.41 Å². The van der Waals surface area contributed by atoms with E-state index in [0.717, 1.165) is 0 Å². The Kier molecular flexibility index (Phi) is 13.5. The highest BCUT2D eigenvalue weighted by molar-refractivity contribution is 5.96. The molecule has 0 spiro atoms. The minimum Gasteiger partial charge on any atom is -0.462 e. The fourth-order valence-corrected chi connectivity index (χ4v) is 6.20. The SMILES string of the molecule is CC(C)(C)OC(=O)CCC(CO)NC(=O)c1cccc(CNC(=O)C2=CC3OCOC3C(OC(=O)c3ccc(C=CC(=O)OC4C(=O)OCC4(C)C)cc3)C2)c1. The molecule has 2 aromatic carbocycles. The average Bonchev–Trinajstić information content (AvgIpc) is 3.74. The number of nitrogens with one attached hydrogen (secondary N) is 2. The number of hydrogen-bond acceptors (Lipinski definition) is 13. The Morgan fingerprint density at radius 2 is 1.75 bits per heavy atom. The molecule has 3 aliphatic rings. The van der Waals surface area contributed by atoms with E-state index in [4.69, 9.17) is 28.4 Å². The van der Waals surface area contributed by atoms with Crippen molar-refractivity contribution in [3.05, 3.63) is 88.5 Å². The molecule has 2 saturated heterocycles. The Morgan fingerprint density at radius 1 is 1.00 bits per heavy atom. The highest BCUT2D eigenvalue weighted by Crippen LogP contribution is 2.32. The first kappa shape index (κ1) is 41.8. The van der Waals surface area contributed by atoms with Gasteiger partial charge in [0.05, 0.1) is 18.2 Å². The van der Waals surface area contributed by atoms with Crippen LogP contribution in [0.25, 0.3) is 6.08 Å². The number of carbonyl (C=O) groups excluding carboxylic acids is 6. The maximum Gasteiger partial charge on any atom is 0.348 e. The van der Waals surface area contributed by atoms with Gasteiger partial charge in [-0.2, -0.15) is 0 Å². The van der Waals surface area contributed by atoms with Crippen molar-refractivity contribution in [2.24, 2.45) is 5.41 Å². The molecule has 300 valence electrons. The number of cyclic esters (lactones) is 1. The van der Waals surface area contributed by atoms with E-state index in [1.807, 2.05) is 0 Å². The number of aliphatic hydroxyl groups is 1. The smallest absolute Gasteiger partial charge is 0.348 e. The molecule has 0 aromatic heterocycles. The van der Waals surface area contributed by atoms with Crippen LogP contribution in [0.4, 0.5) is 0 Å². The number of benzene rings is 2. The third-order valence-electron chi connectivity index (χ3n) is 9.17. The number of rotatable bonds is 14. The summed E-state index contributed by atoms with van der Waals surface area (Å²) in [6.45, 7) is 8.66. The number of aliphatic hydroxyl groups excluding tert-OH is 1. The standard InChI is InChI=1S/C41H48N2O13/c1-40(2,3)56-33(46)16-14-29(21-44)43-37(48)27-8-6-7-25(17-27)20-42-36(47)28-18-30-34(53-23-52-30)31(19-28)54-38(49)26-12-9-24(10-13-26)11-15-32(45)55-35-39(50)51-22-41(35,4)5/h6-13,15,17-18,29-31,34-35,44H,14,16,19-23H2,1-5H3,(H,42,47)(H,43,48). The van der Waals surface area contributed by atoms with Gasteiger partial charge in [0.1, 0.15) is 37.3 Å². The van der Waals surface area contributed by atoms with Gasteiger partial charge in [0.25, 0.3) is 5.91 Å². The molecule has 5 unspecified atom stereocenters. The summed E-state index contributed by atoms with van der Waals surface area (Å²) in [7, 11) is 0.